The first kappa shape index (κ1) is 20.3. The summed E-state index contributed by atoms with van der Waals surface area (Å²) >= 11 is 3.85. The van der Waals surface area contributed by atoms with Crippen LogP contribution in [0.5, 0.6) is 0 Å². The highest BCUT2D eigenvalue weighted by Crippen LogP contribution is 2.27. The molecule has 2 aromatic heterocycles. The third kappa shape index (κ3) is 4.60. The molecule has 0 unspecified atom stereocenters. The fourth-order valence-corrected chi connectivity index (χ4v) is 4.72. The van der Waals surface area contributed by atoms with Gasteiger partial charge in [-0.15, -0.1) is 5.10 Å². The van der Waals surface area contributed by atoms with Crippen molar-refractivity contribution in [3.8, 4) is 11.3 Å². The highest BCUT2D eigenvalue weighted by molar-refractivity contribution is 14.1. The fourth-order valence-electron chi connectivity index (χ4n) is 2.93. The Morgan fingerprint density at radius 3 is 2.66 bits per heavy atom. The number of hydrogen-bond acceptors (Lipinski definition) is 6. The van der Waals surface area contributed by atoms with Gasteiger partial charge in [0.05, 0.1) is 16.8 Å². The topological polar surface area (TPSA) is 102 Å². The van der Waals surface area contributed by atoms with Gasteiger partial charge in [0.1, 0.15) is 0 Å². The minimum absolute atomic E-state index is 0.120. The van der Waals surface area contributed by atoms with Gasteiger partial charge in [-0.1, -0.05) is 64.3 Å². The maximum absolute atomic E-state index is 11.3. The van der Waals surface area contributed by atoms with Gasteiger partial charge in [0.25, 0.3) is 0 Å². The Hall–Kier alpha value is -2.02. The Labute approximate surface area is 186 Å². The minimum Gasteiger partial charge on any atom is -0.360 e. The smallest absolute Gasteiger partial charge is 0.238 e. The van der Waals surface area contributed by atoms with Crippen molar-refractivity contribution in [2.24, 2.45) is 5.14 Å². The average molecular weight is 539 g/mol. The van der Waals surface area contributed by atoms with Crippen LogP contribution in [0.25, 0.3) is 16.2 Å². The molecule has 0 aliphatic rings. The first-order chi connectivity index (χ1) is 13.9. The molecule has 29 heavy (non-hydrogen) atoms. The first-order valence-electron chi connectivity index (χ1n) is 8.79. The summed E-state index contributed by atoms with van der Waals surface area (Å²) in [7, 11) is -3.66. The van der Waals surface area contributed by atoms with E-state index in [-0.39, 0.29) is 4.90 Å². The van der Waals surface area contributed by atoms with E-state index >= 15 is 0 Å². The summed E-state index contributed by atoms with van der Waals surface area (Å²) in [6.07, 6.45) is 2.58. The van der Waals surface area contributed by atoms with Crippen LogP contribution in [-0.4, -0.2) is 29.6 Å². The van der Waals surface area contributed by atoms with Gasteiger partial charge in [-0.05, 0) is 35.7 Å². The largest absolute Gasteiger partial charge is 0.360 e. The number of anilines is 1. The van der Waals surface area contributed by atoms with Gasteiger partial charge >= 0.3 is 0 Å². The van der Waals surface area contributed by atoms with Crippen LogP contribution in [0.4, 0.5) is 5.13 Å². The zero-order valence-corrected chi connectivity index (χ0v) is 19.0. The van der Waals surface area contributed by atoms with Crippen LogP contribution < -0.4 is 10.5 Å². The van der Waals surface area contributed by atoms with E-state index in [9.17, 15) is 8.42 Å². The third-order valence-electron chi connectivity index (χ3n) is 4.40. The molecule has 0 aliphatic heterocycles. The van der Waals surface area contributed by atoms with Gasteiger partial charge in [0, 0.05) is 16.5 Å². The molecule has 0 bridgehead atoms. The van der Waals surface area contributed by atoms with Crippen LogP contribution >= 0.6 is 33.9 Å². The maximum Gasteiger partial charge on any atom is 0.238 e. The lowest BCUT2D eigenvalue weighted by Gasteiger charge is -2.04. The Bertz CT molecular complexity index is 1250. The molecule has 4 aromatic rings. The third-order valence-corrected chi connectivity index (χ3v) is 7.09. The van der Waals surface area contributed by atoms with Crippen molar-refractivity contribution in [1.29, 1.82) is 0 Å². The number of hydrogen-bond donors (Lipinski definition) is 2. The number of halogens is 1. The molecule has 7 nitrogen and oxygen atoms in total. The van der Waals surface area contributed by atoms with Gasteiger partial charge in [-0.3, -0.25) is 0 Å². The molecule has 0 saturated heterocycles. The van der Waals surface area contributed by atoms with E-state index in [1.807, 2.05) is 10.7 Å². The minimum atomic E-state index is -3.66. The summed E-state index contributed by atoms with van der Waals surface area (Å²) in [6, 6.07) is 15.0. The van der Waals surface area contributed by atoms with Crippen LogP contribution in [0.2, 0.25) is 0 Å². The predicted molar refractivity (Wildman–Crippen MR) is 124 cm³/mol. The molecule has 4 rings (SSSR count). The van der Waals surface area contributed by atoms with Crippen molar-refractivity contribution < 1.29 is 8.42 Å². The molecular formula is C19H18IN5O2S2. The SMILES string of the molecule is NS(=O)(=O)c1ccc(CCNc2nn3c(-c4cccc(CI)c4)cnc3s2)cc1. The summed E-state index contributed by atoms with van der Waals surface area (Å²) in [6.45, 7) is 0.672. The highest BCUT2D eigenvalue weighted by atomic mass is 127. The van der Waals surface area contributed by atoms with E-state index in [0.29, 0.717) is 6.54 Å². The summed E-state index contributed by atoms with van der Waals surface area (Å²) in [4.78, 5) is 5.43. The molecule has 2 heterocycles. The van der Waals surface area contributed by atoms with Crippen molar-refractivity contribution in [2.75, 3.05) is 11.9 Å². The van der Waals surface area contributed by atoms with Crippen molar-refractivity contribution in [3.05, 3.63) is 65.9 Å². The zero-order chi connectivity index (χ0) is 20.4. The number of imidazole rings is 1. The lowest BCUT2D eigenvalue weighted by atomic mass is 10.1. The molecule has 0 amide bonds. The average Bonchev–Trinajstić information content (AvgIpc) is 3.28. The van der Waals surface area contributed by atoms with E-state index in [2.05, 4.69) is 62.3 Å². The van der Waals surface area contributed by atoms with Crippen molar-refractivity contribution in [2.45, 2.75) is 15.7 Å². The number of rotatable bonds is 7. The summed E-state index contributed by atoms with van der Waals surface area (Å²) in [5.41, 5.74) is 4.34. The lowest BCUT2D eigenvalue weighted by molar-refractivity contribution is 0.598. The maximum atomic E-state index is 11.3. The molecule has 0 radical (unpaired) electrons. The number of aromatic nitrogens is 3. The van der Waals surface area contributed by atoms with Crippen LogP contribution in [0.1, 0.15) is 11.1 Å². The van der Waals surface area contributed by atoms with Crippen molar-refractivity contribution in [3.63, 3.8) is 0 Å². The molecular weight excluding hydrogens is 521 g/mol. The van der Waals surface area contributed by atoms with E-state index in [1.165, 1.54) is 29.0 Å². The number of sulfonamides is 1. The monoisotopic (exact) mass is 539 g/mol. The molecule has 0 aliphatic carbocycles. The van der Waals surface area contributed by atoms with Gasteiger partial charge in [-0.2, -0.15) is 0 Å². The number of nitrogens with two attached hydrogens (primary N) is 1. The Morgan fingerprint density at radius 2 is 1.93 bits per heavy atom. The Balaban J connectivity index is 1.45. The van der Waals surface area contributed by atoms with E-state index in [1.54, 1.807) is 12.1 Å². The zero-order valence-electron chi connectivity index (χ0n) is 15.2. The lowest BCUT2D eigenvalue weighted by Crippen LogP contribution is -2.12. The number of benzene rings is 2. The number of nitrogens with zero attached hydrogens (tertiary/aromatic N) is 3. The van der Waals surface area contributed by atoms with Crippen LogP contribution in [0.3, 0.4) is 0 Å². The molecule has 0 atom stereocenters. The molecule has 0 saturated carbocycles. The molecule has 150 valence electrons. The number of primary sulfonamides is 1. The van der Waals surface area contributed by atoms with Crippen molar-refractivity contribution in [1.82, 2.24) is 14.6 Å². The first-order valence-corrected chi connectivity index (χ1v) is 12.7. The van der Waals surface area contributed by atoms with Crippen LogP contribution in [0, 0.1) is 0 Å². The second-order valence-corrected chi connectivity index (χ2v) is 9.72. The van der Waals surface area contributed by atoms with Gasteiger partial charge < -0.3 is 5.32 Å². The quantitative estimate of drug-likeness (QED) is 0.276. The molecule has 0 spiro atoms. The van der Waals surface area contributed by atoms with Gasteiger partial charge in [0.15, 0.2) is 0 Å². The van der Waals surface area contributed by atoms with Crippen molar-refractivity contribution >= 4 is 54.0 Å². The molecule has 10 heteroatoms. The Kier molecular flexibility index (Phi) is 5.86. The molecule has 2 aromatic carbocycles. The standard InChI is InChI=1S/C19H18IN5O2S2/c20-11-14-2-1-3-15(10-14)17-12-23-19-25(17)24-18(28-19)22-9-8-13-4-6-16(7-5-13)29(21,26)27/h1-7,10,12H,8-9,11H2,(H,22,24)(H2,21,26,27). The summed E-state index contributed by atoms with van der Waals surface area (Å²) in [5.74, 6) is 0. The normalized spacial score (nSPS) is 11.8. The molecule has 3 N–H and O–H groups in total. The van der Waals surface area contributed by atoms with E-state index < -0.39 is 10.0 Å². The van der Waals surface area contributed by atoms with Crippen LogP contribution in [0.15, 0.2) is 59.6 Å². The summed E-state index contributed by atoms with van der Waals surface area (Å²) < 4.78 is 25.5. The molecule has 0 fully saturated rings. The number of alkyl halides is 1. The summed E-state index contributed by atoms with van der Waals surface area (Å²) in [5, 5.41) is 13.9. The number of fused-ring (bicyclic) bond motifs is 1. The Morgan fingerprint density at radius 1 is 1.14 bits per heavy atom. The van der Waals surface area contributed by atoms with Crippen LogP contribution in [-0.2, 0) is 20.9 Å². The van der Waals surface area contributed by atoms with E-state index in [0.717, 1.165) is 37.8 Å². The van der Waals surface area contributed by atoms with E-state index in [4.69, 9.17) is 5.14 Å². The second-order valence-electron chi connectivity index (χ2n) is 6.44. The second kappa shape index (κ2) is 8.38. The van der Waals surface area contributed by atoms with Gasteiger partial charge in [-0.25, -0.2) is 23.1 Å². The predicted octanol–water partition coefficient (Wildman–Crippen LogP) is 3.69. The number of nitrogens with one attached hydrogen (secondary N) is 1. The van der Waals surface area contributed by atoms with Gasteiger partial charge in [0.2, 0.25) is 20.1 Å². The highest BCUT2D eigenvalue weighted by Gasteiger charge is 2.12. The fraction of sp³-hybridized carbons (Fsp3) is 0.158.